The second-order valence-corrected chi connectivity index (χ2v) is 7.23. The molecule has 2 aromatic rings. The Bertz CT molecular complexity index is 1270. The van der Waals surface area contributed by atoms with Gasteiger partial charge in [-0.1, -0.05) is 18.2 Å². The van der Waals surface area contributed by atoms with E-state index in [2.05, 4.69) is 24.2 Å². The number of hydrogen-bond donors (Lipinski definition) is 2. The van der Waals surface area contributed by atoms with Gasteiger partial charge in [0.25, 0.3) is 0 Å². The van der Waals surface area contributed by atoms with Crippen molar-refractivity contribution in [2.24, 2.45) is 0 Å². The molecule has 0 spiro atoms. The molecule has 5 nitrogen and oxygen atoms in total. The summed E-state index contributed by atoms with van der Waals surface area (Å²) >= 11 is 0. The van der Waals surface area contributed by atoms with Crippen LogP contribution in [0.25, 0.3) is 33.4 Å². The van der Waals surface area contributed by atoms with E-state index in [1.807, 2.05) is 67.6 Å². The van der Waals surface area contributed by atoms with Crippen molar-refractivity contribution in [3.63, 3.8) is 0 Å². The van der Waals surface area contributed by atoms with Gasteiger partial charge in [-0.2, -0.15) is 0 Å². The quantitative estimate of drug-likeness (QED) is 0.371. The van der Waals surface area contributed by atoms with E-state index >= 15 is 0 Å². The Kier molecular flexibility index (Phi) is 6.03. The van der Waals surface area contributed by atoms with Gasteiger partial charge in [-0.15, -0.1) is 0 Å². The van der Waals surface area contributed by atoms with Crippen molar-refractivity contribution < 1.29 is 18.9 Å². The molecule has 1 aliphatic carbocycles. The number of hydrogen-bond acceptors (Lipinski definition) is 4. The fourth-order valence-electron chi connectivity index (χ4n) is 3.90. The molecule has 1 aliphatic heterocycles. The molecule has 2 N–H and O–H groups in total. The number of rotatable bonds is 6. The van der Waals surface area contributed by atoms with Crippen LogP contribution in [-0.2, 0) is 4.74 Å². The highest BCUT2D eigenvalue weighted by molar-refractivity contribution is 6.08. The Balaban J connectivity index is 2.08. The van der Waals surface area contributed by atoms with Crippen molar-refractivity contribution in [2.75, 3.05) is 25.0 Å². The van der Waals surface area contributed by atoms with Gasteiger partial charge < -0.3 is 14.5 Å². The van der Waals surface area contributed by atoms with Crippen LogP contribution in [0.2, 0.25) is 0 Å². The molecule has 31 heavy (non-hydrogen) atoms. The molecule has 0 bridgehead atoms. The minimum absolute atomic E-state index is 0.325. The second-order valence-electron chi connectivity index (χ2n) is 7.23. The summed E-state index contributed by atoms with van der Waals surface area (Å²) in [4.78, 5) is 16.1. The largest absolute Gasteiger partial charge is 0.462 e. The van der Waals surface area contributed by atoms with E-state index in [4.69, 9.17) is 9.15 Å². The Morgan fingerprint density at radius 2 is 1.84 bits per heavy atom. The average molecular weight is 416 g/mol. The molecule has 0 aromatic heterocycles. The summed E-state index contributed by atoms with van der Waals surface area (Å²) in [6.07, 6.45) is 0. The summed E-state index contributed by atoms with van der Waals surface area (Å²) in [6, 6.07) is 19.8. The lowest BCUT2D eigenvalue weighted by Crippen LogP contribution is -2.75. The van der Waals surface area contributed by atoms with Gasteiger partial charge in [0.05, 0.1) is 18.2 Å². The van der Waals surface area contributed by atoms with Gasteiger partial charge in [-0.05, 0) is 50.6 Å². The Hall–Kier alpha value is -3.60. The van der Waals surface area contributed by atoms with Crippen LogP contribution in [0.1, 0.15) is 31.1 Å². The topological polar surface area (TPSA) is 65.4 Å². The standard InChI is InChI=1S/C26H26N2O3/c1-4-27-17-11-13-21-23(15-17)31-24-16-18(28-5-2)12-14-22(24)25(21)19-9-7-8-10-20(19)26(29)30-6-3/h7-16,27H,4-6H2,1-3H3/p+1. The molecule has 0 atom stereocenters. The molecule has 0 saturated carbocycles. The van der Waals surface area contributed by atoms with E-state index in [-0.39, 0.29) is 5.97 Å². The minimum Gasteiger partial charge on any atom is -0.462 e. The van der Waals surface area contributed by atoms with Crippen molar-refractivity contribution in [3.8, 4) is 22.5 Å². The molecule has 5 heteroatoms. The van der Waals surface area contributed by atoms with E-state index in [0.29, 0.717) is 12.2 Å². The summed E-state index contributed by atoms with van der Waals surface area (Å²) < 4.78 is 11.7. The minimum atomic E-state index is -0.325. The number of esters is 1. The third kappa shape index (κ3) is 4.04. The molecule has 0 saturated heterocycles. The lowest BCUT2D eigenvalue weighted by Gasteiger charge is -2.17. The number of carbonyl (C=O) groups is 1. The van der Waals surface area contributed by atoms with Crippen LogP contribution < -0.4 is 15.7 Å². The molecule has 0 radical (unpaired) electrons. The first-order valence-electron chi connectivity index (χ1n) is 10.7. The monoisotopic (exact) mass is 415 g/mol. The van der Waals surface area contributed by atoms with E-state index in [9.17, 15) is 4.79 Å². The zero-order valence-corrected chi connectivity index (χ0v) is 18.1. The second kappa shape index (κ2) is 9.04. The van der Waals surface area contributed by atoms with Crippen LogP contribution in [0.5, 0.6) is 0 Å². The van der Waals surface area contributed by atoms with Crippen LogP contribution in [0.3, 0.4) is 0 Å². The number of benzene rings is 3. The fourth-order valence-corrected chi connectivity index (χ4v) is 3.90. The van der Waals surface area contributed by atoms with Gasteiger partial charge in [0.2, 0.25) is 5.36 Å². The highest BCUT2D eigenvalue weighted by Crippen LogP contribution is 2.41. The summed E-state index contributed by atoms with van der Waals surface area (Å²) in [5, 5.41) is 5.28. The van der Waals surface area contributed by atoms with Crippen molar-refractivity contribution >= 4 is 22.6 Å². The number of nitrogens with one attached hydrogen (secondary N) is 2. The molecule has 0 amide bonds. The van der Waals surface area contributed by atoms with Gasteiger partial charge in [-0.3, -0.25) is 0 Å². The van der Waals surface area contributed by atoms with Crippen LogP contribution >= 0.6 is 0 Å². The number of anilines is 1. The van der Waals surface area contributed by atoms with Gasteiger partial charge in [0.15, 0.2) is 0 Å². The molecule has 4 rings (SSSR count). The molecule has 2 aliphatic rings. The molecular formula is C26H27N2O3+. The van der Waals surface area contributed by atoms with Gasteiger partial charge in [0.1, 0.15) is 17.9 Å². The third-order valence-corrected chi connectivity index (χ3v) is 5.18. The first kappa shape index (κ1) is 20.7. The predicted molar refractivity (Wildman–Crippen MR) is 123 cm³/mol. The first-order chi connectivity index (χ1) is 15.2. The summed E-state index contributed by atoms with van der Waals surface area (Å²) in [7, 11) is 0. The van der Waals surface area contributed by atoms with E-state index < -0.39 is 0 Å². The van der Waals surface area contributed by atoms with E-state index in [0.717, 1.165) is 57.6 Å². The van der Waals surface area contributed by atoms with E-state index in [1.54, 1.807) is 0 Å². The smallest absolute Gasteiger partial charge is 0.338 e. The van der Waals surface area contributed by atoms with Crippen LogP contribution in [-0.4, -0.2) is 25.7 Å². The molecule has 1 heterocycles. The SMILES string of the molecule is CCNc1ccc2c(-c3ccccc3C(=O)OCC)c3ccc(=[NH+]CC)cc-3oc2c1. The average Bonchev–Trinajstić information content (AvgIpc) is 2.78. The van der Waals surface area contributed by atoms with Crippen LogP contribution in [0.15, 0.2) is 65.1 Å². The normalized spacial score (nSPS) is 11.8. The van der Waals surface area contributed by atoms with Crippen molar-refractivity contribution in [1.82, 2.24) is 0 Å². The van der Waals surface area contributed by atoms with Crippen molar-refractivity contribution in [2.45, 2.75) is 20.8 Å². The Morgan fingerprint density at radius 1 is 1.00 bits per heavy atom. The molecule has 158 valence electrons. The summed E-state index contributed by atoms with van der Waals surface area (Å²) in [5.41, 5.74) is 5.04. The molecule has 0 unspecified atom stereocenters. The maximum atomic E-state index is 12.7. The van der Waals surface area contributed by atoms with Gasteiger partial charge in [-0.25, -0.2) is 9.79 Å². The maximum Gasteiger partial charge on any atom is 0.338 e. The Labute approximate surface area is 181 Å². The fraction of sp³-hybridized carbons (Fsp3) is 0.231. The highest BCUT2D eigenvalue weighted by Gasteiger charge is 2.22. The van der Waals surface area contributed by atoms with Crippen LogP contribution in [0, 0.1) is 0 Å². The zero-order chi connectivity index (χ0) is 21.8. The lowest BCUT2D eigenvalue weighted by atomic mass is 9.90. The van der Waals surface area contributed by atoms with Crippen molar-refractivity contribution in [3.05, 3.63) is 71.6 Å². The molecule has 0 fully saturated rings. The maximum absolute atomic E-state index is 12.7. The third-order valence-electron chi connectivity index (χ3n) is 5.18. The molecule has 2 aromatic carbocycles. The lowest BCUT2D eigenvalue weighted by molar-refractivity contribution is -0.496. The highest BCUT2D eigenvalue weighted by atomic mass is 16.5. The number of ether oxygens (including phenoxy) is 1. The summed E-state index contributed by atoms with van der Waals surface area (Å²) in [6.45, 7) is 7.91. The molecular weight excluding hydrogens is 388 g/mol. The summed E-state index contributed by atoms with van der Waals surface area (Å²) in [5.74, 6) is 0.432. The van der Waals surface area contributed by atoms with Crippen LogP contribution in [0.4, 0.5) is 5.69 Å². The van der Waals surface area contributed by atoms with E-state index in [1.165, 1.54) is 0 Å². The van der Waals surface area contributed by atoms with Gasteiger partial charge in [0, 0.05) is 40.9 Å². The van der Waals surface area contributed by atoms with Crippen molar-refractivity contribution in [1.29, 1.82) is 0 Å². The number of fused-ring (bicyclic) bond motifs is 2. The predicted octanol–water partition coefficient (Wildman–Crippen LogP) is 3.81. The zero-order valence-electron chi connectivity index (χ0n) is 18.1. The number of carbonyl (C=O) groups excluding carboxylic acids is 1. The first-order valence-corrected chi connectivity index (χ1v) is 10.7. The van der Waals surface area contributed by atoms with Gasteiger partial charge >= 0.3 is 5.97 Å². The Morgan fingerprint density at radius 3 is 2.61 bits per heavy atom.